The van der Waals surface area contributed by atoms with E-state index in [1.165, 1.54) is 6.42 Å². The van der Waals surface area contributed by atoms with E-state index < -0.39 is 11.6 Å². The van der Waals surface area contributed by atoms with Gasteiger partial charge in [0.05, 0.1) is 47.2 Å². The second-order valence-electron chi connectivity index (χ2n) is 8.50. The number of H-pyrrole nitrogens is 2. The number of aromatic amines is 2. The lowest BCUT2D eigenvalue weighted by atomic mass is 9.94. The van der Waals surface area contributed by atoms with Crippen molar-refractivity contribution in [3.05, 3.63) is 32.7 Å². The molecule has 0 bridgehead atoms. The van der Waals surface area contributed by atoms with Crippen LogP contribution >= 0.6 is 11.6 Å². The van der Waals surface area contributed by atoms with Gasteiger partial charge in [-0.05, 0) is 37.3 Å². The number of fused-ring (bicyclic) bond motifs is 1. The smallest absolute Gasteiger partial charge is 0.323 e. The Morgan fingerprint density at radius 1 is 1.10 bits per heavy atom. The molecule has 2 amide bonds. The second-order valence-corrected chi connectivity index (χ2v) is 8.91. The molecule has 2 fully saturated rings. The fraction of sp³-hybridized carbons (Fsp3) is 0.571. The molecule has 4 rings (SSSR count). The maximum atomic E-state index is 13.6. The van der Waals surface area contributed by atoms with Crippen molar-refractivity contribution in [3.8, 4) is 0 Å². The molecule has 30 heavy (non-hydrogen) atoms. The van der Waals surface area contributed by atoms with Crippen LogP contribution in [0, 0.1) is 0 Å². The zero-order valence-electron chi connectivity index (χ0n) is 17.1. The summed E-state index contributed by atoms with van der Waals surface area (Å²) in [7, 11) is 0. The highest BCUT2D eigenvalue weighted by Crippen LogP contribution is 2.31. The molecule has 0 atom stereocenters. The van der Waals surface area contributed by atoms with Gasteiger partial charge in [-0.1, -0.05) is 11.6 Å². The molecule has 0 aliphatic carbocycles. The van der Waals surface area contributed by atoms with Gasteiger partial charge in [-0.15, -0.1) is 0 Å². The maximum absolute atomic E-state index is 13.6. The topological polar surface area (TPSA) is 121 Å². The van der Waals surface area contributed by atoms with E-state index in [1.54, 1.807) is 6.07 Å². The highest BCUT2D eigenvalue weighted by atomic mass is 35.5. The number of rotatable bonds is 5. The minimum atomic E-state index is -0.644. The van der Waals surface area contributed by atoms with Gasteiger partial charge in [0.1, 0.15) is 0 Å². The first-order valence-corrected chi connectivity index (χ1v) is 11.1. The number of nitrogens with zero attached hydrogens (tertiary/aromatic N) is 1. The summed E-state index contributed by atoms with van der Waals surface area (Å²) in [6.07, 6.45) is 6.04. The number of halogens is 1. The number of primary amides is 1. The molecule has 1 aromatic heterocycles. The van der Waals surface area contributed by atoms with Crippen LogP contribution in [0.1, 0.15) is 54.4 Å². The summed E-state index contributed by atoms with van der Waals surface area (Å²) >= 11 is 6.33. The van der Waals surface area contributed by atoms with Crippen LogP contribution in [-0.4, -0.2) is 58.5 Å². The molecule has 9 heteroatoms. The third kappa shape index (κ3) is 3.79. The van der Waals surface area contributed by atoms with Crippen molar-refractivity contribution in [1.29, 1.82) is 0 Å². The molecule has 0 radical (unpaired) electrons. The lowest BCUT2D eigenvalue weighted by molar-refractivity contribution is -0.885. The molecule has 0 unspecified atom stereocenters. The SMILES string of the molecule is NC(=O)c1c(CCC(=O)[N+]2(C3CCNCC3)CCCCC2)cc(Cl)c2[nH]c(=O)[nH]c12. The molecular formula is C21H29ClN5O3+. The molecule has 2 saturated heterocycles. The molecule has 1 aromatic carbocycles. The van der Waals surface area contributed by atoms with Crippen LogP contribution in [0.25, 0.3) is 11.0 Å². The number of amides is 2. The van der Waals surface area contributed by atoms with Crippen molar-refractivity contribution < 1.29 is 14.1 Å². The maximum Gasteiger partial charge on any atom is 0.323 e. The largest absolute Gasteiger partial charge is 0.366 e. The first-order valence-electron chi connectivity index (χ1n) is 10.8. The van der Waals surface area contributed by atoms with Crippen LogP contribution in [0.4, 0.5) is 0 Å². The van der Waals surface area contributed by atoms with E-state index in [1.807, 2.05) is 0 Å². The molecule has 3 heterocycles. The van der Waals surface area contributed by atoms with Gasteiger partial charge in [0.15, 0.2) is 0 Å². The normalized spacial score (nSPS) is 19.8. The van der Waals surface area contributed by atoms with Crippen LogP contribution in [0.5, 0.6) is 0 Å². The third-order valence-corrected chi connectivity index (χ3v) is 7.11. The summed E-state index contributed by atoms with van der Waals surface area (Å²) in [5, 5.41) is 3.72. The Balaban J connectivity index is 1.62. The monoisotopic (exact) mass is 434 g/mol. The number of nitrogens with one attached hydrogen (secondary N) is 3. The van der Waals surface area contributed by atoms with Gasteiger partial charge in [0.25, 0.3) is 5.91 Å². The average Bonchev–Trinajstić information content (AvgIpc) is 3.14. The molecule has 2 aliphatic heterocycles. The summed E-state index contributed by atoms with van der Waals surface area (Å²) < 4.78 is 0.560. The summed E-state index contributed by atoms with van der Waals surface area (Å²) in [6.45, 7) is 3.71. The zero-order valence-corrected chi connectivity index (χ0v) is 17.8. The summed E-state index contributed by atoms with van der Waals surface area (Å²) in [5.41, 5.74) is 6.67. The highest BCUT2D eigenvalue weighted by Gasteiger charge is 2.44. The third-order valence-electron chi connectivity index (χ3n) is 6.81. The lowest BCUT2D eigenvalue weighted by Crippen LogP contribution is -2.63. The van der Waals surface area contributed by atoms with Gasteiger partial charge >= 0.3 is 11.6 Å². The van der Waals surface area contributed by atoms with Crippen LogP contribution in [-0.2, 0) is 11.2 Å². The number of aryl methyl sites for hydroxylation is 1. The Bertz CT molecular complexity index is 1020. The number of aromatic nitrogens is 2. The molecule has 2 aliphatic rings. The van der Waals surface area contributed by atoms with Crippen LogP contribution < -0.4 is 16.7 Å². The number of piperidine rings is 2. The number of carbonyl (C=O) groups excluding carboxylic acids is 2. The Morgan fingerprint density at radius 2 is 1.77 bits per heavy atom. The second kappa shape index (κ2) is 8.53. The van der Waals surface area contributed by atoms with Crippen molar-refractivity contribution in [1.82, 2.24) is 15.3 Å². The number of likely N-dealkylation sites (tertiary alicyclic amines) is 1. The lowest BCUT2D eigenvalue weighted by Gasteiger charge is -2.46. The standard InChI is InChI=1S/C21H28ClN5O3/c22-15-12-13(17(20(23)29)19-18(15)25-21(30)26-19)4-5-16(28)27(10-2-1-3-11-27)14-6-8-24-9-7-14/h12,14,24H,1-11H2,(H3-,23,25,26,29,30)/p+1. The number of carbonyl (C=O) groups is 2. The minimum Gasteiger partial charge on any atom is -0.366 e. The summed E-state index contributed by atoms with van der Waals surface area (Å²) in [5.74, 6) is -0.412. The Hall–Kier alpha value is -2.16. The van der Waals surface area contributed by atoms with E-state index in [4.69, 9.17) is 17.3 Å². The fourth-order valence-electron chi connectivity index (χ4n) is 5.35. The summed E-state index contributed by atoms with van der Waals surface area (Å²) in [4.78, 5) is 42.7. The van der Waals surface area contributed by atoms with E-state index in [0.29, 0.717) is 45.0 Å². The van der Waals surface area contributed by atoms with E-state index >= 15 is 0 Å². The first kappa shape index (κ1) is 21.1. The Kier molecular flexibility index (Phi) is 5.99. The number of nitrogens with two attached hydrogens (primary N) is 1. The van der Waals surface area contributed by atoms with Crippen LogP contribution in [0.2, 0.25) is 5.02 Å². The number of hydrogen-bond acceptors (Lipinski definition) is 4. The molecule has 5 N–H and O–H groups in total. The molecule has 0 spiro atoms. The Morgan fingerprint density at radius 3 is 2.43 bits per heavy atom. The van der Waals surface area contributed by atoms with Crippen molar-refractivity contribution >= 4 is 34.4 Å². The van der Waals surface area contributed by atoms with Gasteiger partial charge < -0.3 is 21.0 Å². The number of imidazole rings is 1. The van der Waals surface area contributed by atoms with Crippen molar-refractivity contribution in [2.75, 3.05) is 26.2 Å². The van der Waals surface area contributed by atoms with Crippen LogP contribution in [0.3, 0.4) is 0 Å². The Labute approximate surface area is 179 Å². The van der Waals surface area contributed by atoms with E-state index in [-0.39, 0.29) is 11.5 Å². The predicted molar refractivity (Wildman–Crippen MR) is 116 cm³/mol. The van der Waals surface area contributed by atoms with Crippen molar-refractivity contribution in [2.45, 2.75) is 51.0 Å². The molecule has 8 nitrogen and oxygen atoms in total. The molecular weight excluding hydrogens is 406 g/mol. The van der Waals surface area contributed by atoms with E-state index in [9.17, 15) is 14.4 Å². The number of benzene rings is 1. The number of quaternary nitrogens is 1. The highest BCUT2D eigenvalue weighted by molar-refractivity contribution is 6.35. The van der Waals surface area contributed by atoms with Gasteiger partial charge in [-0.3, -0.25) is 9.28 Å². The van der Waals surface area contributed by atoms with Crippen molar-refractivity contribution in [3.63, 3.8) is 0 Å². The number of hydrogen-bond donors (Lipinski definition) is 4. The predicted octanol–water partition coefficient (Wildman–Crippen LogP) is 1.82. The molecule has 0 saturated carbocycles. The van der Waals surface area contributed by atoms with E-state index in [0.717, 1.165) is 51.9 Å². The molecule has 162 valence electrons. The molecule has 2 aromatic rings. The van der Waals surface area contributed by atoms with E-state index in [2.05, 4.69) is 15.3 Å². The van der Waals surface area contributed by atoms with Gasteiger partial charge in [-0.2, -0.15) is 0 Å². The van der Waals surface area contributed by atoms with Gasteiger partial charge in [0.2, 0.25) is 0 Å². The summed E-state index contributed by atoms with van der Waals surface area (Å²) in [6, 6.07) is 2.01. The quantitative estimate of drug-likeness (QED) is 0.536. The fourth-order valence-corrected chi connectivity index (χ4v) is 5.62. The van der Waals surface area contributed by atoms with Crippen LogP contribution in [0.15, 0.2) is 10.9 Å². The van der Waals surface area contributed by atoms with Gasteiger partial charge in [0, 0.05) is 25.9 Å². The zero-order chi connectivity index (χ0) is 21.3. The minimum absolute atomic E-state index is 0.229. The van der Waals surface area contributed by atoms with Gasteiger partial charge in [-0.25, -0.2) is 9.59 Å². The first-order chi connectivity index (χ1) is 14.4. The van der Waals surface area contributed by atoms with Crippen molar-refractivity contribution in [2.24, 2.45) is 5.73 Å². The average molecular weight is 435 g/mol.